The standard InChI is InChI=1S/C19H21BrClFN6S/c1-12-18(25-19(29)23-7-4-8-27-10-14(20)9-24-27)13(2)28(26-12)11-15-16(21)5-3-6-17(15)22/h3,5-6,9-10H,4,7-8,11H2,1-2H3,(H2,23,25,29). The second-order valence-corrected chi connectivity index (χ2v) is 8.29. The Morgan fingerprint density at radius 1 is 1.34 bits per heavy atom. The van der Waals surface area contributed by atoms with Crippen molar-refractivity contribution < 1.29 is 4.39 Å². The molecule has 0 saturated carbocycles. The molecule has 0 bridgehead atoms. The van der Waals surface area contributed by atoms with Crippen LogP contribution in [0, 0.1) is 19.7 Å². The van der Waals surface area contributed by atoms with Crippen LogP contribution in [0.25, 0.3) is 0 Å². The summed E-state index contributed by atoms with van der Waals surface area (Å²) in [5, 5.41) is 16.0. The van der Waals surface area contributed by atoms with Gasteiger partial charge in [0.25, 0.3) is 0 Å². The molecule has 0 amide bonds. The Hall–Kier alpha value is -1.97. The molecule has 0 aliphatic rings. The van der Waals surface area contributed by atoms with E-state index in [1.165, 1.54) is 6.07 Å². The molecular formula is C19H21BrClFN6S. The highest BCUT2D eigenvalue weighted by Crippen LogP contribution is 2.24. The molecule has 0 saturated heterocycles. The van der Waals surface area contributed by atoms with E-state index in [9.17, 15) is 4.39 Å². The SMILES string of the molecule is Cc1nn(Cc2c(F)cccc2Cl)c(C)c1NC(=S)NCCCn1cc(Br)cn1. The predicted molar refractivity (Wildman–Crippen MR) is 121 cm³/mol. The number of aromatic nitrogens is 4. The molecule has 1 aromatic carbocycles. The number of halogens is 3. The van der Waals surface area contributed by atoms with Crippen molar-refractivity contribution in [1.29, 1.82) is 0 Å². The van der Waals surface area contributed by atoms with Crippen LogP contribution in [-0.2, 0) is 13.1 Å². The minimum Gasteiger partial charge on any atom is -0.362 e. The van der Waals surface area contributed by atoms with Crippen molar-refractivity contribution in [3.8, 4) is 0 Å². The summed E-state index contributed by atoms with van der Waals surface area (Å²) < 4.78 is 18.7. The summed E-state index contributed by atoms with van der Waals surface area (Å²) in [5.74, 6) is -0.346. The minimum atomic E-state index is -0.346. The first-order valence-electron chi connectivity index (χ1n) is 9.05. The van der Waals surface area contributed by atoms with Gasteiger partial charge >= 0.3 is 0 Å². The molecule has 0 unspecified atom stereocenters. The Bertz CT molecular complexity index is 998. The minimum absolute atomic E-state index is 0.249. The Morgan fingerprint density at radius 3 is 2.83 bits per heavy atom. The van der Waals surface area contributed by atoms with Gasteiger partial charge in [-0.3, -0.25) is 9.36 Å². The third-order valence-corrected chi connectivity index (χ3v) is 5.45. The third kappa shape index (κ3) is 5.55. The summed E-state index contributed by atoms with van der Waals surface area (Å²) in [4.78, 5) is 0. The second-order valence-electron chi connectivity index (χ2n) is 6.56. The smallest absolute Gasteiger partial charge is 0.170 e. The maximum Gasteiger partial charge on any atom is 0.170 e. The molecular weight excluding hydrogens is 479 g/mol. The van der Waals surface area contributed by atoms with Gasteiger partial charge in [0.15, 0.2) is 5.11 Å². The van der Waals surface area contributed by atoms with Gasteiger partial charge in [0.05, 0.1) is 34.3 Å². The fourth-order valence-corrected chi connectivity index (χ4v) is 3.68. The monoisotopic (exact) mass is 498 g/mol. The number of nitrogens with one attached hydrogen (secondary N) is 2. The zero-order valence-electron chi connectivity index (χ0n) is 16.0. The van der Waals surface area contributed by atoms with E-state index in [4.69, 9.17) is 23.8 Å². The fraction of sp³-hybridized carbons (Fsp3) is 0.316. The molecule has 2 N–H and O–H groups in total. The summed E-state index contributed by atoms with van der Waals surface area (Å²) in [5.41, 5.74) is 2.86. The molecule has 29 heavy (non-hydrogen) atoms. The average molecular weight is 500 g/mol. The van der Waals surface area contributed by atoms with Crippen molar-refractivity contribution in [1.82, 2.24) is 24.9 Å². The van der Waals surface area contributed by atoms with Crippen LogP contribution in [0.2, 0.25) is 5.02 Å². The van der Waals surface area contributed by atoms with Crippen molar-refractivity contribution in [3.63, 3.8) is 0 Å². The van der Waals surface area contributed by atoms with Gasteiger partial charge in [-0.15, -0.1) is 0 Å². The van der Waals surface area contributed by atoms with E-state index >= 15 is 0 Å². The zero-order valence-corrected chi connectivity index (χ0v) is 19.2. The number of rotatable bonds is 7. The molecule has 2 aromatic heterocycles. The van der Waals surface area contributed by atoms with Crippen LogP contribution in [0.3, 0.4) is 0 Å². The van der Waals surface area contributed by atoms with Gasteiger partial charge in [-0.2, -0.15) is 10.2 Å². The predicted octanol–water partition coefficient (Wildman–Crippen LogP) is 4.68. The summed E-state index contributed by atoms with van der Waals surface area (Å²) >= 11 is 14.9. The highest BCUT2D eigenvalue weighted by Gasteiger charge is 2.15. The van der Waals surface area contributed by atoms with Gasteiger partial charge in [0, 0.05) is 29.9 Å². The van der Waals surface area contributed by atoms with E-state index in [0.717, 1.165) is 34.5 Å². The highest BCUT2D eigenvalue weighted by atomic mass is 79.9. The number of benzene rings is 1. The molecule has 3 aromatic rings. The lowest BCUT2D eigenvalue weighted by atomic mass is 10.2. The molecule has 0 radical (unpaired) electrons. The van der Waals surface area contributed by atoms with Gasteiger partial charge < -0.3 is 10.6 Å². The normalized spacial score (nSPS) is 10.9. The van der Waals surface area contributed by atoms with Crippen LogP contribution in [0.5, 0.6) is 0 Å². The van der Waals surface area contributed by atoms with Crippen LogP contribution in [0.1, 0.15) is 23.4 Å². The number of anilines is 1. The lowest BCUT2D eigenvalue weighted by molar-refractivity contribution is 0.573. The summed E-state index contributed by atoms with van der Waals surface area (Å²) in [6.45, 7) is 5.54. The van der Waals surface area contributed by atoms with Gasteiger partial charge in [0.1, 0.15) is 5.82 Å². The quantitative estimate of drug-likeness (QED) is 0.365. The number of hydrogen-bond donors (Lipinski definition) is 2. The van der Waals surface area contributed by atoms with Crippen LogP contribution in [0.15, 0.2) is 35.1 Å². The van der Waals surface area contributed by atoms with E-state index in [1.54, 1.807) is 23.0 Å². The number of nitrogens with zero attached hydrogens (tertiary/aromatic N) is 4. The Kier molecular flexibility index (Phi) is 7.26. The zero-order chi connectivity index (χ0) is 21.0. The van der Waals surface area contributed by atoms with Gasteiger partial charge in [0.2, 0.25) is 0 Å². The van der Waals surface area contributed by atoms with E-state index in [1.807, 2.05) is 24.7 Å². The van der Waals surface area contributed by atoms with E-state index < -0.39 is 0 Å². The van der Waals surface area contributed by atoms with Gasteiger partial charge in [-0.25, -0.2) is 4.39 Å². The first-order chi connectivity index (χ1) is 13.8. The van der Waals surface area contributed by atoms with Crippen molar-refractivity contribution in [2.24, 2.45) is 0 Å². The second kappa shape index (κ2) is 9.69. The maximum atomic E-state index is 14.1. The van der Waals surface area contributed by atoms with E-state index in [2.05, 4.69) is 36.8 Å². The molecule has 6 nitrogen and oxygen atoms in total. The number of aryl methyl sites for hydroxylation is 2. The molecule has 0 aliphatic carbocycles. The summed E-state index contributed by atoms with van der Waals surface area (Å²) in [7, 11) is 0. The maximum absolute atomic E-state index is 14.1. The Morgan fingerprint density at radius 2 is 2.14 bits per heavy atom. The Labute approximate surface area is 187 Å². The van der Waals surface area contributed by atoms with Crippen LogP contribution >= 0.6 is 39.7 Å². The molecule has 0 fully saturated rings. The Balaban J connectivity index is 1.57. The molecule has 3 rings (SSSR count). The molecule has 0 spiro atoms. The number of hydrogen-bond acceptors (Lipinski definition) is 3. The third-order valence-electron chi connectivity index (χ3n) is 4.44. The molecule has 0 aliphatic heterocycles. The van der Waals surface area contributed by atoms with Crippen molar-refractivity contribution >= 4 is 50.5 Å². The lowest BCUT2D eigenvalue weighted by Crippen LogP contribution is -2.30. The fourth-order valence-electron chi connectivity index (χ4n) is 2.93. The number of thiocarbonyl (C=S) groups is 1. The highest BCUT2D eigenvalue weighted by molar-refractivity contribution is 9.10. The molecule has 0 atom stereocenters. The van der Waals surface area contributed by atoms with Crippen molar-refractivity contribution in [2.45, 2.75) is 33.4 Å². The largest absolute Gasteiger partial charge is 0.362 e. The van der Waals surface area contributed by atoms with Crippen LogP contribution in [0.4, 0.5) is 10.1 Å². The van der Waals surface area contributed by atoms with Gasteiger partial charge in [-0.05, 0) is 60.5 Å². The average Bonchev–Trinajstić information content (AvgIpc) is 3.20. The first kappa shape index (κ1) is 21.7. The van der Waals surface area contributed by atoms with E-state index in [0.29, 0.717) is 22.2 Å². The molecule has 10 heteroatoms. The van der Waals surface area contributed by atoms with Crippen molar-refractivity contribution in [2.75, 3.05) is 11.9 Å². The van der Waals surface area contributed by atoms with E-state index in [-0.39, 0.29) is 12.4 Å². The topological polar surface area (TPSA) is 59.7 Å². The summed E-state index contributed by atoms with van der Waals surface area (Å²) in [6, 6.07) is 4.66. The molecule has 2 heterocycles. The van der Waals surface area contributed by atoms with Crippen LogP contribution < -0.4 is 10.6 Å². The van der Waals surface area contributed by atoms with Crippen molar-refractivity contribution in [3.05, 3.63) is 62.9 Å². The van der Waals surface area contributed by atoms with Crippen LogP contribution in [-0.4, -0.2) is 31.2 Å². The lowest BCUT2D eigenvalue weighted by Gasteiger charge is -2.12. The molecule has 154 valence electrons. The van der Waals surface area contributed by atoms with Gasteiger partial charge in [-0.1, -0.05) is 17.7 Å². The first-order valence-corrected chi connectivity index (χ1v) is 10.6. The summed E-state index contributed by atoms with van der Waals surface area (Å²) in [6.07, 6.45) is 4.57.